The zero-order valence-corrected chi connectivity index (χ0v) is 22.1. The predicted molar refractivity (Wildman–Crippen MR) is 141 cm³/mol. The second kappa shape index (κ2) is 10.5. The fourth-order valence-electron chi connectivity index (χ4n) is 5.23. The van der Waals surface area contributed by atoms with Crippen molar-refractivity contribution in [1.29, 1.82) is 0 Å². The average Bonchev–Trinajstić information content (AvgIpc) is 3.66. The van der Waals surface area contributed by atoms with Crippen molar-refractivity contribution in [2.45, 2.75) is 52.0 Å². The Bertz CT molecular complexity index is 1430. The number of aromatic amines is 1. The van der Waals surface area contributed by atoms with Gasteiger partial charge in [0.2, 0.25) is 5.91 Å². The maximum atomic E-state index is 13.1. The lowest BCUT2D eigenvalue weighted by molar-refractivity contribution is -0.151. The van der Waals surface area contributed by atoms with Gasteiger partial charge < -0.3 is 14.4 Å². The van der Waals surface area contributed by atoms with Crippen molar-refractivity contribution in [2.24, 2.45) is 5.41 Å². The number of amides is 1. The van der Waals surface area contributed by atoms with Crippen LogP contribution in [0.15, 0.2) is 51.4 Å². The van der Waals surface area contributed by atoms with Gasteiger partial charge in [-0.3, -0.25) is 9.59 Å². The van der Waals surface area contributed by atoms with Crippen LogP contribution in [0.2, 0.25) is 0 Å². The molecule has 9 nitrogen and oxygen atoms in total. The molecule has 0 atom stereocenters. The summed E-state index contributed by atoms with van der Waals surface area (Å²) in [5.74, 6) is 0.358. The van der Waals surface area contributed by atoms with E-state index >= 15 is 0 Å². The molecule has 0 saturated heterocycles. The Balaban J connectivity index is 1.48. The van der Waals surface area contributed by atoms with Crippen molar-refractivity contribution in [3.05, 3.63) is 52.5 Å². The number of carbonyl (C=O) groups is 2. The Labute approximate surface area is 222 Å². The molecule has 4 aromatic rings. The number of carboxylic acids is 1. The van der Waals surface area contributed by atoms with Gasteiger partial charge in [-0.05, 0) is 63.3 Å². The minimum absolute atomic E-state index is 0.0170. The number of aliphatic carboxylic acids is 1. The topological polar surface area (TPSA) is 125 Å². The number of aromatic nitrogens is 4. The first kappa shape index (κ1) is 25.1. The summed E-state index contributed by atoms with van der Waals surface area (Å²) in [6, 6.07) is 13.5. The maximum absolute atomic E-state index is 13.1. The minimum atomic E-state index is -0.865. The van der Waals surface area contributed by atoms with E-state index in [1.807, 2.05) is 49.4 Å². The number of H-pyrrole nitrogens is 1. The van der Waals surface area contributed by atoms with Crippen molar-refractivity contribution in [1.82, 2.24) is 25.5 Å². The molecule has 2 aromatic carbocycles. The fourth-order valence-corrected chi connectivity index (χ4v) is 5.83. The smallest absolute Gasteiger partial charge is 0.311 e. The summed E-state index contributed by atoms with van der Waals surface area (Å²) in [6.45, 7) is 2.54. The third-order valence-electron chi connectivity index (χ3n) is 7.16. The zero-order valence-electron chi connectivity index (χ0n) is 20.5. The van der Waals surface area contributed by atoms with Crippen LogP contribution in [0.1, 0.15) is 51.0 Å². The Morgan fingerprint density at radius 1 is 1.16 bits per heavy atom. The van der Waals surface area contributed by atoms with Crippen LogP contribution in [0, 0.1) is 5.41 Å². The van der Waals surface area contributed by atoms with Gasteiger partial charge in [0.05, 0.1) is 9.89 Å². The van der Waals surface area contributed by atoms with E-state index in [2.05, 4.69) is 36.6 Å². The second-order valence-electron chi connectivity index (χ2n) is 9.66. The molecule has 37 heavy (non-hydrogen) atoms. The number of hydrogen-bond acceptors (Lipinski definition) is 6. The summed E-state index contributed by atoms with van der Waals surface area (Å²) in [7, 11) is 0. The van der Waals surface area contributed by atoms with Crippen molar-refractivity contribution in [3.8, 4) is 22.7 Å². The average molecular weight is 566 g/mol. The molecule has 1 fully saturated rings. The van der Waals surface area contributed by atoms with Crippen LogP contribution >= 0.6 is 15.9 Å². The van der Waals surface area contributed by atoms with Crippen LogP contribution < -0.4 is 0 Å². The minimum Gasteiger partial charge on any atom is -0.481 e. The van der Waals surface area contributed by atoms with E-state index in [9.17, 15) is 14.7 Å². The maximum Gasteiger partial charge on any atom is 0.311 e. The SMILES string of the molecule is CCCC(=O)N(Cc1ccc2oc(-c3ccccc3-c3nnn[nH]3)c(Br)c2c1)CC1(C(=O)O)CCCC1. The molecular formula is C27H28BrN5O4. The lowest BCUT2D eigenvalue weighted by atomic mass is 9.85. The first-order chi connectivity index (χ1) is 17.9. The van der Waals surface area contributed by atoms with Gasteiger partial charge >= 0.3 is 5.97 Å². The van der Waals surface area contributed by atoms with E-state index in [1.54, 1.807) is 4.90 Å². The standard InChI is InChI=1S/C27H28BrN5O4/c1-2-7-22(34)33(16-27(26(35)36)12-5-6-13-27)15-17-10-11-21-20(14-17)23(28)24(37-21)18-8-3-4-9-19(18)25-29-31-32-30-25/h3-4,8-11,14H,2,5-7,12-13,15-16H2,1H3,(H,35,36)(H,29,30,31,32). The number of halogens is 1. The highest BCUT2D eigenvalue weighted by molar-refractivity contribution is 9.10. The van der Waals surface area contributed by atoms with Crippen molar-refractivity contribution in [2.75, 3.05) is 6.54 Å². The van der Waals surface area contributed by atoms with Gasteiger partial charge in [0.15, 0.2) is 5.82 Å². The van der Waals surface area contributed by atoms with Crippen LogP contribution in [0.25, 0.3) is 33.7 Å². The number of carbonyl (C=O) groups excluding carboxylic acids is 1. The van der Waals surface area contributed by atoms with E-state index in [4.69, 9.17) is 4.42 Å². The van der Waals surface area contributed by atoms with Gasteiger partial charge in [-0.1, -0.05) is 50.1 Å². The molecule has 1 amide bonds. The summed E-state index contributed by atoms with van der Waals surface area (Å²) < 4.78 is 7.02. The molecule has 10 heteroatoms. The summed E-state index contributed by atoms with van der Waals surface area (Å²) in [5.41, 5.74) is 2.38. The van der Waals surface area contributed by atoms with Crippen molar-refractivity contribution >= 4 is 38.8 Å². The van der Waals surface area contributed by atoms with E-state index in [-0.39, 0.29) is 12.5 Å². The predicted octanol–water partition coefficient (Wildman–Crippen LogP) is 5.82. The molecule has 192 valence electrons. The van der Waals surface area contributed by atoms with Gasteiger partial charge in [0, 0.05) is 36.0 Å². The number of rotatable bonds is 9. The monoisotopic (exact) mass is 565 g/mol. The van der Waals surface area contributed by atoms with Gasteiger partial charge in [-0.2, -0.15) is 0 Å². The number of carboxylic acid groups (broad SMARTS) is 1. The molecule has 0 radical (unpaired) electrons. The number of fused-ring (bicyclic) bond motifs is 1. The van der Waals surface area contributed by atoms with Gasteiger partial charge in [-0.15, -0.1) is 5.10 Å². The number of hydrogen-bond donors (Lipinski definition) is 2. The number of benzene rings is 2. The molecule has 2 aromatic heterocycles. The van der Waals surface area contributed by atoms with Crippen LogP contribution in [-0.4, -0.2) is 49.1 Å². The molecule has 1 saturated carbocycles. The molecule has 0 unspecified atom stereocenters. The molecular weight excluding hydrogens is 538 g/mol. The fraction of sp³-hybridized carbons (Fsp3) is 0.370. The highest BCUT2D eigenvalue weighted by atomic mass is 79.9. The van der Waals surface area contributed by atoms with E-state index in [0.29, 0.717) is 49.4 Å². The molecule has 1 aliphatic carbocycles. The third-order valence-corrected chi connectivity index (χ3v) is 7.95. The van der Waals surface area contributed by atoms with Crippen LogP contribution in [0.3, 0.4) is 0 Å². The van der Waals surface area contributed by atoms with Crippen LogP contribution in [-0.2, 0) is 16.1 Å². The Morgan fingerprint density at radius 2 is 1.92 bits per heavy atom. The van der Waals surface area contributed by atoms with Gasteiger partial charge in [-0.25, -0.2) is 5.10 Å². The van der Waals surface area contributed by atoms with E-state index in [0.717, 1.165) is 39.4 Å². The normalized spacial score (nSPS) is 14.8. The summed E-state index contributed by atoms with van der Waals surface area (Å²) >= 11 is 3.72. The lowest BCUT2D eigenvalue weighted by Gasteiger charge is -2.32. The molecule has 2 N–H and O–H groups in total. The Hall–Kier alpha value is -3.53. The van der Waals surface area contributed by atoms with Gasteiger partial charge in [0.25, 0.3) is 0 Å². The molecule has 1 aliphatic rings. The zero-order chi connectivity index (χ0) is 26.0. The molecule has 0 bridgehead atoms. The van der Waals surface area contributed by atoms with Crippen molar-refractivity contribution < 1.29 is 19.1 Å². The number of nitrogens with zero attached hydrogens (tertiary/aromatic N) is 4. The molecule has 0 aliphatic heterocycles. The van der Waals surface area contributed by atoms with Crippen LogP contribution in [0.4, 0.5) is 0 Å². The highest BCUT2D eigenvalue weighted by Gasteiger charge is 2.43. The quantitative estimate of drug-likeness (QED) is 0.262. The number of furan rings is 1. The number of tetrazole rings is 1. The molecule has 2 heterocycles. The first-order valence-corrected chi connectivity index (χ1v) is 13.3. The van der Waals surface area contributed by atoms with Crippen LogP contribution in [0.5, 0.6) is 0 Å². The second-order valence-corrected chi connectivity index (χ2v) is 10.5. The summed E-state index contributed by atoms with van der Waals surface area (Å²) in [4.78, 5) is 27.0. The molecule has 0 spiro atoms. The number of nitrogens with one attached hydrogen (secondary N) is 1. The van der Waals surface area contributed by atoms with Crippen molar-refractivity contribution in [3.63, 3.8) is 0 Å². The highest BCUT2D eigenvalue weighted by Crippen LogP contribution is 2.42. The Morgan fingerprint density at radius 3 is 2.59 bits per heavy atom. The van der Waals surface area contributed by atoms with Gasteiger partial charge in [0.1, 0.15) is 11.3 Å². The molecule has 5 rings (SSSR count). The Kier molecular flexibility index (Phi) is 7.10. The summed E-state index contributed by atoms with van der Waals surface area (Å²) in [6.07, 6.45) is 4.08. The lowest BCUT2D eigenvalue weighted by Crippen LogP contribution is -2.43. The summed E-state index contributed by atoms with van der Waals surface area (Å²) in [5, 5.41) is 25.1. The van der Waals surface area contributed by atoms with E-state index in [1.165, 1.54) is 0 Å². The largest absolute Gasteiger partial charge is 0.481 e. The first-order valence-electron chi connectivity index (χ1n) is 12.5. The third kappa shape index (κ3) is 4.90. The van der Waals surface area contributed by atoms with E-state index < -0.39 is 11.4 Å².